The zero-order valence-electron chi connectivity index (χ0n) is 24.9. The summed E-state index contributed by atoms with van der Waals surface area (Å²) in [5, 5.41) is 22.5. The van der Waals surface area contributed by atoms with E-state index < -0.39 is 5.60 Å². The molecule has 1 N–H and O–H groups in total. The zero-order chi connectivity index (χ0) is 30.4. The van der Waals surface area contributed by atoms with Gasteiger partial charge in [-0.1, -0.05) is 49.4 Å². The number of nitrogens with zero attached hydrogens (tertiary/aromatic N) is 4. The molecule has 0 bridgehead atoms. The second-order valence-electron chi connectivity index (χ2n) is 11.0. The highest BCUT2D eigenvalue weighted by molar-refractivity contribution is 8.02. The summed E-state index contributed by atoms with van der Waals surface area (Å²) in [5.41, 5.74) is 6.60. The van der Waals surface area contributed by atoms with Crippen LogP contribution in [0.25, 0.3) is 22.2 Å². The molecular formula is C34H35N5O2S. The number of carbonyl (C=O) groups is 1. The fourth-order valence-corrected chi connectivity index (χ4v) is 5.31. The van der Waals surface area contributed by atoms with Crippen LogP contribution in [0.2, 0.25) is 0 Å². The van der Waals surface area contributed by atoms with Crippen LogP contribution in [-0.2, 0) is 17.7 Å². The minimum absolute atomic E-state index is 0.0498. The number of imidazole rings is 1. The number of nitrogens with one attached hydrogen (secondary N) is 1. The molecule has 0 aliphatic carbocycles. The number of aromatic nitrogens is 2. The Kier molecular flexibility index (Phi) is 9.40. The predicted molar refractivity (Wildman–Crippen MR) is 170 cm³/mol. The summed E-state index contributed by atoms with van der Waals surface area (Å²) in [4.78, 5) is 17.9. The first-order valence-corrected chi connectivity index (χ1v) is 15.1. The molecule has 1 heterocycles. The van der Waals surface area contributed by atoms with Crippen LogP contribution in [0.4, 0.5) is 5.69 Å². The highest BCUT2D eigenvalue weighted by Gasteiger charge is 2.21. The van der Waals surface area contributed by atoms with Gasteiger partial charge in [-0.3, -0.25) is 0 Å². The van der Waals surface area contributed by atoms with Crippen molar-refractivity contribution in [3.63, 3.8) is 0 Å². The van der Waals surface area contributed by atoms with Crippen molar-refractivity contribution in [2.45, 2.75) is 59.6 Å². The van der Waals surface area contributed by atoms with Gasteiger partial charge >= 0.3 is 5.97 Å². The molecule has 4 rings (SSSR count). The number of anilines is 1. The number of aryl methyl sites for hydroxylation is 2. The largest absolute Gasteiger partial charge is 0.456 e. The van der Waals surface area contributed by atoms with Crippen molar-refractivity contribution in [3.05, 3.63) is 93.8 Å². The van der Waals surface area contributed by atoms with Gasteiger partial charge in [0.1, 0.15) is 28.6 Å². The van der Waals surface area contributed by atoms with Crippen LogP contribution in [0.3, 0.4) is 0 Å². The molecule has 0 aliphatic rings. The van der Waals surface area contributed by atoms with Crippen molar-refractivity contribution < 1.29 is 9.53 Å². The normalized spacial score (nSPS) is 11.0. The maximum absolute atomic E-state index is 12.9. The number of hydrogen-bond acceptors (Lipinski definition) is 7. The molecule has 0 atom stereocenters. The fourth-order valence-electron chi connectivity index (χ4n) is 4.80. The highest BCUT2D eigenvalue weighted by atomic mass is 32.2. The molecule has 0 unspecified atom stereocenters. The van der Waals surface area contributed by atoms with Crippen LogP contribution in [0.15, 0.2) is 71.3 Å². The summed E-state index contributed by atoms with van der Waals surface area (Å²) in [6, 6.07) is 23.7. The number of benzene rings is 3. The monoisotopic (exact) mass is 577 g/mol. The van der Waals surface area contributed by atoms with Crippen LogP contribution in [0.1, 0.15) is 61.4 Å². The Hall–Kier alpha value is -4.53. The third kappa shape index (κ3) is 6.84. The van der Waals surface area contributed by atoms with Gasteiger partial charge in [0, 0.05) is 18.7 Å². The number of allylic oxidation sites excluding steroid dienone is 1. The van der Waals surface area contributed by atoms with Gasteiger partial charge in [-0.15, -0.1) is 11.8 Å². The highest BCUT2D eigenvalue weighted by Crippen LogP contribution is 2.30. The van der Waals surface area contributed by atoms with E-state index in [9.17, 15) is 15.3 Å². The van der Waals surface area contributed by atoms with E-state index in [2.05, 4.69) is 28.9 Å². The van der Waals surface area contributed by atoms with Crippen molar-refractivity contribution in [1.29, 1.82) is 10.5 Å². The summed E-state index contributed by atoms with van der Waals surface area (Å²) < 4.78 is 7.88. The minimum Gasteiger partial charge on any atom is -0.456 e. The van der Waals surface area contributed by atoms with Crippen LogP contribution >= 0.6 is 11.8 Å². The molecule has 1 aromatic heterocycles. The molecule has 7 nitrogen and oxygen atoms in total. The Morgan fingerprint density at radius 2 is 1.76 bits per heavy atom. The molecule has 8 heteroatoms. The number of thioether (sulfide) groups is 1. The molecule has 214 valence electrons. The second kappa shape index (κ2) is 13.0. The number of carbonyl (C=O) groups excluding carboxylic acids is 1. The van der Waals surface area contributed by atoms with Gasteiger partial charge in [0.05, 0.1) is 16.6 Å². The number of esters is 1. The van der Waals surface area contributed by atoms with E-state index in [1.54, 1.807) is 6.07 Å². The molecule has 0 saturated carbocycles. The number of ether oxygens (including phenoxy) is 1. The van der Waals surface area contributed by atoms with E-state index in [1.165, 1.54) is 11.8 Å². The molecule has 0 amide bonds. The predicted octanol–water partition coefficient (Wildman–Crippen LogP) is 8.00. The van der Waals surface area contributed by atoms with Crippen molar-refractivity contribution in [1.82, 2.24) is 9.55 Å². The van der Waals surface area contributed by atoms with Gasteiger partial charge in [0.25, 0.3) is 0 Å². The number of rotatable bonds is 9. The van der Waals surface area contributed by atoms with Gasteiger partial charge in [-0.2, -0.15) is 10.5 Å². The fraction of sp³-hybridized carbons (Fsp3) is 0.294. The van der Waals surface area contributed by atoms with Crippen LogP contribution in [-0.4, -0.2) is 27.4 Å². The summed E-state index contributed by atoms with van der Waals surface area (Å²) in [6.07, 6.45) is 3.63. The molecule has 0 aliphatic heterocycles. The maximum atomic E-state index is 12.9. The first kappa shape index (κ1) is 30.4. The van der Waals surface area contributed by atoms with Crippen molar-refractivity contribution in [2.75, 3.05) is 11.6 Å². The molecule has 42 heavy (non-hydrogen) atoms. The standard InChI is InChI=1S/C34H35N5O2S/c1-7-10-30-38-31-22(2)17-26(37-32(42-6)25(19-35)20-36)18-29(31)39(30)21-23-13-15-24(16-14-23)27-11-8-9-12-28(27)33(40)41-34(3,4)5/h8-9,11-18,37H,7,10,21H2,1-6H3. The zero-order valence-corrected chi connectivity index (χ0v) is 25.7. The van der Waals surface area contributed by atoms with E-state index in [0.717, 1.165) is 57.6 Å². The summed E-state index contributed by atoms with van der Waals surface area (Å²) >= 11 is 1.33. The van der Waals surface area contributed by atoms with Crippen LogP contribution in [0.5, 0.6) is 0 Å². The lowest BCUT2D eigenvalue weighted by atomic mass is 9.98. The first-order valence-electron chi connectivity index (χ1n) is 13.9. The van der Waals surface area contributed by atoms with Gasteiger partial charge in [0.15, 0.2) is 5.57 Å². The van der Waals surface area contributed by atoms with Crippen molar-refractivity contribution in [3.8, 4) is 23.3 Å². The Morgan fingerprint density at radius 3 is 2.38 bits per heavy atom. The molecule has 0 spiro atoms. The number of nitriles is 2. The van der Waals surface area contributed by atoms with E-state index in [0.29, 0.717) is 17.1 Å². The Balaban J connectivity index is 1.70. The second-order valence-corrected chi connectivity index (χ2v) is 11.8. The molecule has 0 saturated heterocycles. The van der Waals surface area contributed by atoms with E-state index in [-0.39, 0.29) is 11.5 Å². The molecule has 0 fully saturated rings. The molecule has 0 radical (unpaired) electrons. The molecule has 3 aromatic carbocycles. The summed E-state index contributed by atoms with van der Waals surface area (Å²) in [6.45, 7) is 10.4. The Labute approximate surface area is 251 Å². The lowest BCUT2D eigenvalue weighted by molar-refractivity contribution is 0.00704. The molecule has 4 aromatic rings. The third-order valence-electron chi connectivity index (χ3n) is 6.66. The maximum Gasteiger partial charge on any atom is 0.339 e. The smallest absolute Gasteiger partial charge is 0.339 e. The van der Waals surface area contributed by atoms with Crippen LogP contribution in [0, 0.1) is 29.6 Å². The lowest BCUT2D eigenvalue weighted by Gasteiger charge is -2.20. The SMILES string of the molecule is CCCc1nc2c(C)cc(NC(SC)=C(C#N)C#N)cc2n1Cc1ccc(-c2ccccc2C(=O)OC(C)(C)C)cc1. The Morgan fingerprint density at radius 1 is 1.07 bits per heavy atom. The Bertz CT molecular complexity index is 1720. The first-order chi connectivity index (χ1) is 20.1. The van der Waals surface area contributed by atoms with E-state index in [4.69, 9.17) is 9.72 Å². The lowest BCUT2D eigenvalue weighted by Crippen LogP contribution is -2.24. The number of hydrogen-bond donors (Lipinski definition) is 1. The molecular weight excluding hydrogens is 542 g/mol. The van der Waals surface area contributed by atoms with Crippen molar-refractivity contribution >= 4 is 34.5 Å². The average molecular weight is 578 g/mol. The summed E-state index contributed by atoms with van der Waals surface area (Å²) in [5.74, 6) is 0.662. The average Bonchev–Trinajstić information content (AvgIpc) is 3.30. The van der Waals surface area contributed by atoms with Gasteiger partial charge in [0.2, 0.25) is 0 Å². The van der Waals surface area contributed by atoms with Crippen molar-refractivity contribution in [2.24, 2.45) is 0 Å². The van der Waals surface area contributed by atoms with Gasteiger partial charge in [-0.05, 0) is 80.8 Å². The topological polar surface area (TPSA) is 104 Å². The third-order valence-corrected chi connectivity index (χ3v) is 7.38. The van der Waals surface area contributed by atoms with Gasteiger partial charge in [-0.25, -0.2) is 9.78 Å². The van der Waals surface area contributed by atoms with E-state index >= 15 is 0 Å². The van der Waals surface area contributed by atoms with Gasteiger partial charge < -0.3 is 14.6 Å². The summed E-state index contributed by atoms with van der Waals surface area (Å²) in [7, 11) is 0. The number of fused-ring (bicyclic) bond motifs is 1. The van der Waals surface area contributed by atoms with Crippen LogP contribution < -0.4 is 5.32 Å². The van der Waals surface area contributed by atoms with E-state index in [1.807, 2.05) is 88.6 Å². The quantitative estimate of drug-likeness (QED) is 0.159. The minimum atomic E-state index is -0.577.